The highest BCUT2D eigenvalue weighted by molar-refractivity contribution is 5.94. The van der Waals surface area contributed by atoms with Gasteiger partial charge in [-0.2, -0.15) is 0 Å². The van der Waals surface area contributed by atoms with E-state index in [0.717, 1.165) is 0 Å². The monoisotopic (exact) mass is 664 g/mol. The number of carbonyl (C=O) groups excluding carboxylic acids is 5. The molecule has 0 saturated heterocycles. The highest BCUT2D eigenvalue weighted by Gasteiger charge is 2.37. The molecule has 1 aromatic carbocycles. The normalized spacial score (nSPS) is 12.5. The first-order chi connectivity index (χ1) is 21.9. The molecule has 266 valence electrons. The van der Waals surface area contributed by atoms with E-state index >= 15 is 0 Å². The van der Waals surface area contributed by atoms with Gasteiger partial charge in [-0.1, -0.05) is 13.8 Å². The number of amides is 5. The zero-order chi connectivity index (χ0) is 35.7. The minimum absolute atomic E-state index is 0.0784. The highest BCUT2D eigenvalue weighted by atomic mass is 16.7. The number of ether oxygens (including phenoxy) is 2. The van der Waals surface area contributed by atoms with E-state index in [9.17, 15) is 29.1 Å². The average molecular weight is 665 g/mol. The number of rotatable bonds is 22. The Bertz CT molecular complexity index is 1170. The van der Waals surface area contributed by atoms with Crippen molar-refractivity contribution < 1.29 is 38.6 Å². The van der Waals surface area contributed by atoms with E-state index in [4.69, 9.17) is 9.47 Å². The molecule has 14 nitrogen and oxygen atoms in total. The second-order valence-electron chi connectivity index (χ2n) is 12.8. The molecule has 7 N–H and O–H groups in total. The van der Waals surface area contributed by atoms with Crippen molar-refractivity contribution in [2.75, 3.05) is 39.4 Å². The summed E-state index contributed by atoms with van der Waals surface area (Å²) in [7, 11) is 0. The van der Waals surface area contributed by atoms with Crippen molar-refractivity contribution in [3.05, 3.63) is 29.8 Å². The van der Waals surface area contributed by atoms with Crippen molar-refractivity contribution in [3.8, 4) is 5.75 Å². The van der Waals surface area contributed by atoms with Crippen LogP contribution in [0.3, 0.4) is 0 Å². The Morgan fingerprint density at radius 2 is 1.30 bits per heavy atom. The van der Waals surface area contributed by atoms with Crippen LogP contribution in [0.25, 0.3) is 0 Å². The van der Waals surface area contributed by atoms with E-state index in [1.54, 1.807) is 41.5 Å². The van der Waals surface area contributed by atoms with Crippen LogP contribution in [0.1, 0.15) is 91.4 Å². The number of phenolic OH excluding ortho intramolecular Hbond substituents is 1. The summed E-state index contributed by atoms with van der Waals surface area (Å²) in [6, 6.07) is 4.93. The Labute approximate surface area is 278 Å². The second-order valence-corrected chi connectivity index (χ2v) is 12.8. The van der Waals surface area contributed by atoms with Crippen LogP contribution in [0, 0.1) is 0 Å². The van der Waals surface area contributed by atoms with Gasteiger partial charge in [-0.3, -0.25) is 24.0 Å². The number of aromatic hydroxyl groups is 1. The molecule has 5 amide bonds. The van der Waals surface area contributed by atoms with Crippen molar-refractivity contribution in [2.45, 2.75) is 104 Å². The Balaban J connectivity index is 2.44. The molecule has 0 aromatic heterocycles. The van der Waals surface area contributed by atoms with Gasteiger partial charge in [-0.05, 0) is 78.6 Å². The zero-order valence-corrected chi connectivity index (χ0v) is 29.3. The number of phenols is 1. The van der Waals surface area contributed by atoms with E-state index < -0.39 is 28.8 Å². The van der Waals surface area contributed by atoms with Gasteiger partial charge in [0, 0.05) is 44.6 Å². The van der Waals surface area contributed by atoms with Crippen molar-refractivity contribution in [3.63, 3.8) is 0 Å². The zero-order valence-electron chi connectivity index (χ0n) is 29.3. The molecule has 1 atom stereocenters. The first-order valence-electron chi connectivity index (χ1n) is 16.2. The summed E-state index contributed by atoms with van der Waals surface area (Å²) in [5.41, 5.74) is -1.51. The maximum Gasteiger partial charge on any atom is 0.251 e. The standard InChI is InChI=1S/C33H56N6O8/c1-9-11-25(41)38-27(31(3,4)39-26(42)12-10-2)29(44)35-19-21-46-33(7,8)47-22-20-36-30(45)32(5,6)37-18-17-34-28(43)23-13-15-24(40)16-14-23/h13-16,27,37,40H,9-12,17-22H2,1-8H3,(H,34,43)(H,35,44)(H,36,45)(H,38,41)(H,39,42). The minimum Gasteiger partial charge on any atom is -0.508 e. The molecule has 14 heteroatoms. The number of hydrogen-bond acceptors (Lipinski definition) is 9. The first kappa shape index (κ1) is 41.3. The summed E-state index contributed by atoms with van der Waals surface area (Å²) in [6.07, 6.45) is 1.85. The van der Waals surface area contributed by atoms with E-state index in [1.807, 2.05) is 13.8 Å². The SMILES string of the molecule is CCCC(=O)NC(C(=O)NCCOC(C)(C)OCCNC(=O)C(C)(C)NCCNC(=O)c1ccc(O)cc1)C(C)(C)NC(=O)CCC. The molecule has 0 aliphatic rings. The van der Waals surface area contributed by atoms with Crippen LogP contribution in [0.15, 0.2) is 24.3 Å². The van der Waals surface area contributed by atoms with Gasteiger partial charge in [-0.25, -0.2) is 0 Å². The van der Waals surface area contributed by atoms with E-state index in [1.165, 1.54) is 24.3 Å². The largest absolute Gasteiger partial charge is 0.508 e. The molecule has 0 bridgehead atoms. The molecule has 1 unspecified atom stereocenters. The van der Waals surface area contributed by atoms with Crippen LogP contribution in [-0.2, 0) is 28.7 Å². The molecule has 0 spiro atoms. The Kier molecular flexibility index (Phi) is 17.4. The predicted molar refractivity (Wildman–Crippen MR) is 178 cm³/mol. The fourth-order valence-corrected chi connectivity index (χ4v) is 4.40. The molecule has 1 aromatic rings. The van der Waals surface area contributed by atoms with Crippen LogP contribution >= 0.6 is 0 Å². The van der Waals surface area contributed by atoms with Crippen LogP contribution < -0.4 is 31.9 Å². The van der Waals surface area contributed by atoms with Gasteiger partial charge in [0.25, 0.3) is 5.91 Å². The lowest BCUT2D eigenvalue weighted by molar-refractivity contribution is -0.211. The van der Waals surface area contributed by atoms with Crippen molar-refractivity contribution in [2.24, 2.45) is 0 Å². The average Bonchev–Trinajstić information content (AvgIpc) is 2.98. The molecule has 0 saturated carbocycles. The maximum atomic E-state index is 13.1. The second kappa shape index (κ2) is 19.8. The van der Waals surface area contributed by atoms with Gasteiger partial charge in [0.05, 0.1) is 24.3 Å². The third-order valence-corrected chi connectivity index (χ3v) is 7.07. The van der Waals surface area contributed by atoms with Crippen LogP contribution in [0.5, 0.6) is 5.75 Å². The maximum absolute atomic E-state index is 13.1. The molecular formula is C33H56N6O8. The quantitative estimate of drug-likeness (QED) is 0.0709. The Morgan fingerprint density at radius 1 is 0.745 bits per heavy atom. The third-order valence-electron chi connectivity index (χ3n) is 7.07. The topological polar surface area (TPSA) is 196 Å². The summed E-state index contributed by atoms with van der Waals surface area (Å²) < 4.78 is 11.6. The predicted octanol–water partition coefficient (Wildman–Crippen LogP) is 1.47. The Hall–Kier alpha value is -3.75. The van der Waals surface area contributed by atoms with Crippen LogP contribution in [0.2, 0.25) is 0 Å². The fraction of sp³-hybridized carbons (Fsp3) is 0.667. The summed E-state index contributed by atoms with van der Waals surface area (Å²) >= 11 is 0. The smallest absolute Gasteiger partial charge is 0.251 e. The number of benzene rings is 1. The molecule has 0 fully saturated rings. The highest BCUT2D eigenvalue weighted by Crippen LogP contribution is 2.13. The van der Waals surface area contributed by atoms with Gasteiger partial charge >= 0.3 is 0 Å². The first-order valence-corrected chi connectivity index (χ1v) is 16.2. The summed E-state index contributed by atoms with van der Waals surface area (Å²) in [5, 5.41) is 26.4. The number of carbonyl (C=O) groups is 5. The summed E-state index contributed by atoms with van der Waals surface area (Å²) in [5.74, 6) is -2.39. The van der Waals surface area contributed by atoms with E-state index in [-0.39, 0.29) is 62.1 Å². The lowest BCUT2D eigenvalue weighted by Gasteiger charge is -2.35. The van der Waals surface area contributed by atoms with Crippen molar-refractivity contribution in [1.82, 2.24) is 31.9 Å². The van der Waals surface area contributed by atoms with Gasteiger partial charge < -0.3 is 46.5 Å². The molecule has 0 radical (unpaired) electrons. The molecule has 0 heterocycles. The van der Waals surface area contributed by atoms with E-state index in [2.05, 4.69) is 31.9 Å². The van der Waals surface area contributed by atoms with Crippen LogP contribution in [0.4, 0.5) is 0 Å². The number of nitrogens with one attached hydrogen (secondary N) is 6. The summed E-state index contributed by atoms with van der Waals surface area (Å²) in [6.45, 7) is 15.3. The Morgan fingerprint density at radius 3 is 1.87 bits per heavy atom. The lowest BCUT2D eigenvalue weighted by Crippen LogP contribution is -2.64. The van der Waals surface area contributed by atoms with Crippen LogP contribution in [-0.4, -0.2) is 96.9 Å². The molecule has 1 rings (SSSR count). The van der Waals surface area contributed by atoms with Gasteiger partial charge in [0.2, 0.25) is 23.6 Å². The summed E-state index contributed by atoms with van der Waals surface area (Å²) in [4.78, 5) is 62.6. The van der Waals surface area contributed by atoms with E-state index in [0.29, 0.717) is 37.9 Å². The van der Waals surface area contributed by atoms with Crippen molar-refractivity contribution >= 4 is 29.5 Å². The van der Waals surface area contributed by atoms with Gasteiger partial charge in [-0.15, -0.1) is 0 Å². The third kappa shape index (κ3) is 16.1. The molecule has 0 aliphatic carbocycles. The lowest BCUT2D eigenvalue weighted by atomic mass is 9.92. The molecule has 47 heavy (non-hydrogen) atoms. The van der Waals surface area contributed by atoms with Crippen molar-refractivity contribution in [1.29, 1.82) is 0 Å². The van der Waals surface area contributed by atoms with Gasteiger partial charge in [0.1, 0.15) is 11.8 Å². The minimum atomic E-state index is -1.03. The van der Waals surface area contributed by atoms with Gasteiger partial charge in [0.15, 0.2) is 5.79 Å². The number of hydrogen-bond donors (Lipinski definition) is 7. The molecule has 0 aliphatic heterocycles. The molecular weight excluding hydrogens is 608 g/mol. The fourth-order valence-electron chi connectivity index (χ4n) is 4.40.